The molecule has 0 saturated carbocycles. The minimum Gasteiger partial charge on any atom is -0.338 e. The van der Waals surface area contributed by atoms with Crippen molar-refractivity contribution in [3.05, 3.63) is 35.4 Å². The van der Waals surface area contributed by atoms with Crippen molar-refractivity contribution in [1.29, 1.82) is 0 Å². The fourth-order valence-electron chi connectivity index (χ4n) is 2.49. The van der Waals surface area contributed by atoms with Crippen LogP contribution in [0.2, 0.25) is 0 Å². The van der Waals surface area contributed by atoms with Crippen molar-refractivity contribution in [2.24, 2.45) is 0 Å². The number of hydrogen-bond acceptors (Lipinski definition) is 1. The lowest BCUT2D eigenvalue weighted by Gasteiger charge is -2.25. The molecule has 0 aliphatic carbocycles. The topological polar surface area (TPSA) is 32.3 Å². The Morgan fingerprint density at radius 2 is 2.35 bits per heavy atom. The molecule has 3 heteroatoms. The molecular formula is C14H20N2O. The molecule has 2 amide bonds. The third-order valence-corrected chi connectivity index (χ3v) is 3.27. The SMILES string of the molecule is CCNC(=O)N1CCCC1c1cccc(C)c1. The molecule has 1 atom stereocenters. The van der Waals surface area contributed by atoms with Crippen molar-refractivity contribution in [1.82, 2.24) is 10.2 Å². The molecule has 1 aromatic carbocycles. The highest BCUT2D eigenvalue weighted by atomic mass is 16.2. The fraction of sp³-hybridized carbons (Fsp3) is 0.500. The van der Waals surface area contributed by atoms with Gasteiger partial charge in [0.1, 0.15) is 0 Å². The molecular weight excluding hydrogens is 212 g/mol. The fourth-order valence-corrected chi connectivity index (χ4v) is 2.49. The van der Waals surface area contributed by atoms with Gasteiger partial charge in [-0.05, 0) is 32.3 Å². The van der Waals surface area contributed by atoms with Gasteiger partial charge in [-0.3, -0.25) is 0 Å². The quantitative estimate of drug-likeness (QED) is 0.835. The molecule has 92 valence electrons. The van der Waals surface area contributed by atoms with Crippen LogP contribution in [0.1, 0.15) is 36.9 Å². The zero-order chi connectivity index (χ0) is 12.3. The van der Waals surface area contributed by atoms with Crippen molar-refractivity contribution in [3.8, 4) is 0 Å². The summed E-state index contributed by atoms with van der Waals surface area (Å²) in [5.74, 6) is 0. The zero-order valence-electron chi connectivity index (χ0n) is 10.6. The van der Waals surface area contributed by atoms with Crippen LogP contribution in [0.3, 0.4) is 0 Å². The minimum absolute atomic E-state index is 0.0662. The Morgan fingerprint density at radius 1 is 1.53 bits per heavy atom. The van der Waals surface area contributed by atoms with Crippen LogP contribution in [-0.4, -0.2) is 24.0 Å². The third kappa shape index (κ3) is 2.60. The van der Waals surface area contributed by atoms with Crippen molar-refractivity contribution < 1.29 is 4.79 Å². The Balaban J connectivity index is 2.17. The second kappa shape index (κ2) is 5.21. The minimum atomic E-state index is 0.0662. The van der Waals surface area contributed by atoms with Crippen LogP contribution in [-0.2, 0) is 0 Å². The first-order valence-corrected chi connectivity index (χ1v) is 6.33. The van der Waals surface area contributed by atoms with E-state index in [2.05, 4.69) is 36.5 Å². The van der Waals surface area contributed by atoms with E-state index < -0.39 is 0 Å². The summed E-state index contributed by atoms with van der Waals surface area (Å²) in [4.78, 5) is 13.9. The predicted octanol–water partition coefficient (Wildman–Crippen LogP) is 2.86. The number of urea groups is 1. The molecule has 1 aromatic rings. The highest BCUT2D eigenvalue weighted by Gasteiger charge is 2.29. The maximum atomic E-state index is 11.9. The van der Waals surface area contributed by atoms with Crippen molar-refractivity contribution >= 4 is 6.03 Å². The molecule has 1 aliphatic rings. The van der Waals surface area contributed by atoms with Gasteiger partial charge in [0.25, 0.3) is 0 Å². The van der Waals surface area contributed by atoms with Gasteiger partial charge in [-0.15, -0.1) is 0 Å². The molecule has 2 rings (SSSR count). The molecule has 0 spiro atoms. The maximum Gasteiger partial charge on any atom is 0.317 e. The first kappa shape index (κ1) is 12.0. The Morgan fingerprint density at radius 3 is 3.06 bits per heavy atom. The molecule has 0 radical (unpaired) electrons. The number of hydrogen-bond donors (Lipinski definition) is 1. The summed E-state index contributed by atoms with van der Waals surface area (Å²) in [5.41, 5.74) is 2.51. The van der Waals surface area contributed by atoms with Crippen LogP contribution >= 0.6 is 0 Å². The Labute approximate surface area is 103 Å². The molecule has 1 saturated heterocycles. The summed E-state index contributed by atoms with van der Waals surface area (Å²) in [6.45, 7) is 5.60. The van der Waals surface area contributed by atoms with Crippen LogP contribution in [0.4, 0.5) is 4.79 Å². The van der Waals surface area contributed by atoms with Gasteiger partial charge in [0.2, 0.25) is 0 Å². The normalized spacial score (nSPS) is 19.4. The van der Waals surface area contributed by atoms with E-state index in [1.165, 1.54) is 11.1 Å². The van der Waals surface area contributed by atoms with Gasteiger partial charge in [0, 0.05) is 13.1 Å². The first-order valence-electron chi connectivity index (χ1n) is 6.33. The van der Waals surface area contributed by atoms with Crippen LogP contribution < -0.4 is 5.32 Å². The molecule has 3 nitrogen and oxygen atoms in total. The molecule has 1 heterocycles. The second-order valence-corrected chi connectivity index (χ2v) is 4.60. The summed E-state index contributed by atoms with van der Waals surface area (Å²) in [6.07, 6.45) is 2.16. The number of nitrogens with one attached hydrogen (secondary N) is 1. The van der Waals surface area contributed by atoms with E-state index in [0.717, 1.165) is 19.4 Å². The monoisotopic (exact) mass is 232 g/mol. The van der Waals surface area contributed by atoms with Crippen LogP contribution in [0.25, 0.3) is 0 Å². The molecule has 1 N–H and O–H groups in total. The molecule has 17 heavy (non-hydrogen) atoms. The number of benzene rings is 1. The lowest BCUT2D eigenvalue weighted by Crippen LogP contribution is -2.39. The average molecular weight is 232 g/mol. The van der Waals surface area contributed by atoms with Crippen molar-refractivity contribution in [2.45, 2.75) is 32.7 Å². The Bertz CT molecular complexity index is 403. The third-order valence-electron chi connectivity index (χ3n) is 3.27. The van der Waals surface area contributed by atoms with E-state index in [1.54, 1.807) is 0 Å². The van der Waals surface area contributed by atoms with Gasteiger partial charge in [-0.25, -0.2) is 4.79 Å². The van der Waals surface area contributed by atoms with E-state index in [4.69, 9.17) is 0 Å². The largest absolute Gasteiger partial charge is 0.338 e. The predicted molar refractivity (Wildman–Crippen MR) is 68.9 cm³/mol. The summed E-state index contributed by atoms with van der Waals surface area (Å²) in [7, 11) is 0. The van der Waals surface area contributed by atoms with E-state index in [9.17, 15) is 4.79 Å². The number of rotatable bonds is 2. The molecule has 1 unspecified atom stereocenters. The molecule has 0 aromatic heterocycles. The highest BCUT2D eigenvalue weighted by Crippen LogP contribution is 2.32. The van der Waals surface area contributed by atoms with E-state index in [0.29, 0.717) is 6.54 Å². The Hall–Kier alpha value is -1.51. The standard InChI is InChI=1S/C14H20N2O/c1-3-15-14(17)16-9-5-8-13(16)12-7-4-6-11(2)10-12/h4,6-7,10,13H,3,5,8-9H2,1-2H3,(H,15,17). The van der Waals surface area contributed by atoms with Crippen LogP contribution in [0.15, 0.2) is 24.3 Å². The van der Waals surface area contributed by atoms with Crippen molar-refractivity contribution in [3.63, 3.8) is 0 Å². The lowest BCUT2D eigenvalue weighted by atomic mass is 10.0. The van der Waals surface area contributed by atoms with Crippen LogP contribution in [0, 0.1) is 6.92 Å². The van der Waals surface area contributed by atoms with Gasteiger partial charge in [0.15, 0.2) is 0 Å². The van der Waals surface area contributed by atoms with Gasteiger partial charge < -0.3 is 10.2 Å². The number of amides is 2. The maximum absolute atomic E-state index is 11.9. The first-order chi connectivity index (χ1) is 8.22. The van der Waals surface area contributed by atoms with E-state index in [1.807, 2.05) is 11.8 Å². The molecule has 1 aliphatic heterocycles. The van der Waals surface area contributed by atoms with Gasteiger partial charge >= 0.3 is 6.03 Å². The molecule has 0 bridgehead atoms. The smallest absolute Gasteiger partial charge is 0.317 e. The summed E-state index contributed by atoms with van der Waals surface area (Å²) >= 11 is 0. The number of carbonyl (C=O) groups is 1. The average Bonchev–Trinajstić information content (AvgIpc) is 2.78. The van der Waals surface area contributed by atoms with Gasteiger partial charge in [0.05, 0.1) is 6.04 Å². The van der Waals surface area contributed by atoms with Gasteiger partial charge in [-0.2, -0.15) is 0 Å². The lowest BCUT2D eigenvalue weighted by molar-refractivity contribution is 0.193. The number of carbonyl (C=O) groups excluding carboxylic acids is 1. The summed E-state index contributed by atoms with van der Waals surface area (Å²) in [6, 6.07) is 8.78. The van der Waals surface area contributed by atoms with Crippen molar-refractivity contribution in [2.75, 3.05) is 13.1 Å². The Kier molecular flexibility index (Phi) is 3.67. The second-order valence-electron chi connectivity index (χ2n) is 4.60. The molecule has 1 fully saturated rings. The summed E-state index contributed by atoms with van der Waals surface area (Å²) < 4.78 is 0. The van der Waals surface area contributed by atoms with Crippen LogP contribution in [0.5, 0.6) is 0 Å². The zero-order valence-corrected chi connectivity index (χ0v) is 10.6. The summed E-state index contributed by atoms with van der Waals surface area (Å²) in [5, 5.41) is 2.89. The number of nitrogens with zero attached hydrogens (tertiary/aromatic N) is 1. The van der Waals surface area contributed by atoms with Gasteiger partial charge in [-0.1, -0.05) is 29.8 Å². The number of likely N-dealkylation sites (tertiary alicyclic amines) is 1. The number of aryl methyl sites for hydroxylation is 1. The van der Waals surface area contributed by atoms with E-state index >= 15 is 0 Å². The highest BCUT2D eigenvalue weighted by molar-refractivity contribution is 5.75. The van der Waals surface area contributed by atoms with E-state index in [-0.39, 0.29) is 12.1 Å².